The van der Waals surface area contributed by atoms with Crippen molar-refractivity contribution in [3.63, 3.8) is 0 Å². The van der Waals surface area contributed by atoms with Crippen molar-refractivity contribution in [2.75, 3.05) is 6.54 Å². The van der Waals surface area contributed by atoms with Crippen molar-refractivity contribution < 1.29 is 9.59 Å². The number of fused-ring (bicyclic) bond motifs is 5. The van der Waals surface area contributed by atoms with Gasteiger partial charge in [-0.25, -0.2) is 0 Å². The first-order valence-corrected chi connectivity index (χ1v) is 8.80. The Hall–Kier alpha value is -1.10. The summed E-state index contributed by atoms with van der Waals surface area (Å²) in [4.78, 5) is 23.9. The van der Waals surface area contributed by atoms with Gasteiger partial charge >= 0.3 is 0 Å². The zero-order valence-electron chi connectivity index (χ0n) is 13.7. The molecule has 3 rings (SSSR count). The number of carbonyl (C=O) groups excluding carboxylic acids is 2. The lowest BCUT2D eigenvalue weighted by Gasteiger charge is -2.32. The Balaban J connectivity index is 1.44. The molecule has 124 valence electrons. The van der Waals surface area contributed by atoms with Crippen LogP contribution in [0.15, 0.2) is 0 Å². The van der Waals surface area contributed by atoms with E-state index in [9.17, 15) is 9.59 Å². The van der Waals surface area contributed by atoms with Crippen LogP contribution in [0.2, 0.25) is 0 Å². The second-order valence-corrected chi connectivity index (χ2v) is 7.82. The molecule has 22 heavy (non-hydrogen) atoms. The van der Waals surface area contributed by atoms with Gasteiger partial charge in [-0.2, -0.15) is 0 Å². The SMILES string of the molecule is CC(C)[C@H](N)C(=O)NCC(=O)NC1CC2CC1C1CCCC21. The number of hydrogen-bond acceptors (Lipinski definition) is 3. The van der Waals surface area contributed by atoms with Gasteiger partial charge in [0.15, 0.2) is 0 Å². The van der Waals surface area contributed by atoms with Crippen LogP contribution in [0.1, 0.15) is 46.0 Å². The standard InChI is InChI=1S/C17H29N3O2/c1-9(2)16(18)17(22)19-8-15(21)20-14-7-10-6-13(14)12-5-3-4-11(10)12/h9-14,16H,3-8,18H2,1-2H3,(H,19,22)(H,20,21)/t10?,11?,12?,13?,14?,16-/m0/s1. The molecule has 0 spiro atoms. The van der Waals surface area contributed by atoms with Crippen LogP contribution in [0.25, 0.3) is 0 Å². The topological polar surface area (TPSA) is 84.2 Å². The summed E-state index contributed by atoms with van der Waals surface area (Å²) in [6.07, 6.45) is 6.54. The van der Waals surface area contributed by atoms with Crippen molar-refractivity contribution in [2.24, 2.45) is 35.3 Å². The van der Waals surface area contributed by atoms with Gasteiger partial charge in [0, 0.05) is 6.04 Å². The predicted molar refractivity (Wildman–Crippen MR) is 84.8 cm³/mol. The second-order valence-electron chi connectivity index (χ2n) is 7.82. The summed E-state index contributed by atoms with van der Waals surface area (Å²) in [5, 5.41) is 5.80. The first-order valence-electron chi connectivity index (χ1n) is 8.80. The average Bonchev–Trinajstić information content (AvgIpc) is 3.15. The van der Waals surface area contributed by atoms with Gasteiger partial charge in [-0.1, -0.05) is 20.3 Å². The van der Waals surface area contributed by atoms with Gasteiger partial charge in [-0.15, -0.1) is 0 Å². The lowest BCUT2D eigenvalue weighted by Crippen LogP contribution is -2.50. The van der Waals surface area contributed by atoms with Crippen molar-refractivity contribution in [3.8, 4) is 0 Å². The summed E-state index contributed by atoms with van der Waals surface area (Å²) < 4.78 is 0. The zero-order valence-corrected chi connectivity index (χ0v) is 13.7. The minimum absolute atomic E-state index is 0.0429. The van der Waals surface area contributed by atoms with Gasteiger partial charge in [0.25, 0.3) is 0 Å². The van der Waals surface area contributed by atoms with Crippen LogP contribution < -0.4 is 16.4 Å². The maximum absolute atomic E-state index is 12.1. The summed E-state index contributed by atoms with van der Waals surface area (Å²) >= 11 is 0. The van der Waals surface area contributed by atoms with Crippen LogP contribution >= 0.6 is 0 Å². The molecule has 0 radical (unpaired) electrons. The predicted octanol–water partition coefficient (Wildman–Crippen LogP) is 1.03. The molecule has 3 aliphatic carbocycles. The third-order valence-corrected chi connectivity index (χ3v) is 6.22. The van der Waals surface area contributed by atoms with E-state index in [-0.39, 0.29) is 24.3 Å². The Morgan fingerprint density at radius 2 is 1.86 bits per heavy atom. The molecular weight excluding hydrogens is 278 g/mol. The molecular formula is C17H29N3O2. The van der Waals surface area contributed by atoms with E-state index in [4.69, 9.17) is 5.73 Å². The summed E-state index contributed by atoms with van der Waals surface area (Å²) in [7, 11) is 0. The van der Waals surface area contributed by atoms with E-state index in [0.29, 0.717) is 12.0 Å². The van der Waals surface area contributed by atoms with E-state index in [0.717, 1.165) is 24.2 Å². The molecule has 3 fully saturated rings. The molecule has 3 saturated carbocycles. The Kier molecular flexibility index (Phi) is 4.44. The first kappa shape index (κ1) is 15.8. The van der Waals surface area contributed by atoms with Gasteiger partial charge < -0.3 is 16.4 Å². The third kappa shape index (κ3) is 2.87. The van der Waals surface area contributed by atoms with Crippen molar-refractivity contribution in [3.05, 3.63) is 0 Å². The Bertz CT molecular complexity index is 451. The molecule has 5 unspecified atom stereocenters. The monoisotopic (exact) mass is 307 g/mol. The van der Waals surface area contributed by atoms with Crippen molar-refractivity contribution >= 4 is 11.8 Å². The maximum Gasteiger partial charge on any atom is 0.239 e. The molecule has 4 N–H and O–H groups in total. The van der Waals surface area contributed by atoms with Crippen LogP contribution in [0.5, 0.6) is 0 Å². The van der Waals surface area contributed by atoms with Crippen molar-refractivity contribution in [1.29, 1.82) is 0 Å². The smallest absolute Gasteiger partial charge is 0.239 e. The summed E-state index contributed by atoms with van der Waals surface area (Å²) in [6.45, 7) is 3.84. The minimum atomic E-state index is -0.547. The highest BCUT2D eigenvalue weighted by Crippen LogP contribution is 2.58. The molecule has 5 nitrogen and oxygen atoms in total. The molecule has 0 aromatic rings. The molecule has 3 aliphatic rings. The summed E-state index contributed by atoms with van der Waals surface area (Å²) in [6, 6.07) is -0.220. The summed E-state index contributed by atoms with van der Waals surface area (Å²) in [5.74, 6) is 3.04. The third-order valence-electron chi connectivity index (χ3n) is 6.22. The van der Waals surface area contributed by atoms with E-state index in [1.807, 2.05) is 13.8 Å². The van der Waals surface area contributed by atoms with Crippen molar-refractivity contribution in [2.45, 2.75) is 58.0 Å². The van der Waals surface area contributed by atoms with Crippen LogP contribution in [0, 0.1) is 29.6 Å². The number of hydrogen-bond donors (Lipinski definition) is 3. The molecule has 0 aliphatic heterocycles. The van der Waals surface area contributed by atoms with Gasteiger partial charge in [0.2, 0.25) is 11.8 Å². The molecule has 5 heteroatoms. The fourth-order valence-electron chi connectivity index (χ4n) is 5.08. The highest BCUT2D eigenvalue weighted by Gasteiger charge is 2.53. The molecule has 6 atom stereocenters. The van der Waals surface area contributed by atoms with E-state index in [2.05, 4.69) is 10.6 Å². The van der Waals surface area contributed by atoms with Crippen molar-refractivity contribution in [1.82, 2.24) is 10.6 Å². The molecule has 0 aromatic heterocycles. The molecule has 0 aromatic carbocycles. The summed E-state index contributed by atoms with van der Waals surface area (Å²) in [5.41, 5.74) is 5.77. The molecule has 0 heterocycles. The van der Waals surface area contributed by atoms with Gasteiger partial charge in [-0.3, -0.25) is 9.59 Å². The fraction of sp³-hybridized carbons (Fsp3) is 0.882. The van der Waals surface area contributed by atoms with Crippen LogP contribution in [0.4, 0.5) is 0 Å². The van der Waals surface area contributed by atoms with Gasteiger partial charge in [0.05, 0.1) is 12.6 Å². The van der Waals surface area contributed by atoms with Crippen LogP contribution in [-0.4, -0.2) is 30.4 Å². The van der Waals surface area contributed by atoms with E-state index in [1.54, 1.807) is 0 Å². The normalized spacial score (nSPS) is 37.2. The number of rotatable bonds is 5. The lowest BCUT2D eigenvalue weighted by atomic mass is 9.79. The largest absolute Gasteiger partial charge is 0.352 e. The number of carbonyl (C=O) groups is 2. The lowest BCUT2D eigenvalue weighted by molar-refractivity contribution is -0.127. The van der Waals surface area contributed by atoms with Gasteiger partial charge in [-0.05, 0) is 55.3 Å². The van der Waals surface area contributed by atoms with E-state index in [1.165, 1.54) is 25.7 Å². The van der Waals surface area contributed by atoms with Gasteiger partial charge in [0.1, 0.15) is 0 Å². The fourth-order valence-corrected chi connectivity index (χ4v) is 5.08. The van der Waals surface area contributed by atoms with E-state index < -0.39 is 6.04 Å². The molecule has 0 saturated heterocycles. The maximum atomic E-state index is 12.1. The quantitative estimate of drug-likeness (QED) is 0.709. The molecule has 2 amide bonds. The number of amides is 2. The first-order chi connectivity index (χ1) is 10.5. The number of nitrogens with one attached hydrogen (secondary N) is 2. The second kappa shape index (κ2) is 6.19. The van der Waals surface area contributed by atoms with E-state index >= 15 is 0 Å². The van der Waals surface area contributed by atoms with Crippen LogP contribution in [-0.2, 0) is 9.59 Å². The highest BCUT2D eigenvalue weighted by molar-refractivity contribution is 5.87. The minimum Gasteiger partial charge on any atom is -0.352 e. The average molecular weight is 307 g/mol. The zero-order chi connectivity index (χ0) is 15.9. The number of nitrogens with two attached hydrogens (primary N) is 1. The Labute approximate surface area is 132 Å². The van der Waals surface area contributed by atoms with Crippen LogP contribution in [0.3, 0.4) is 0 Å². The Morgan fingerprint density at radius 3 is 2.59 bits per heavy atom. The molecule has 2 bridgehead atoms. The highest BCUT2D eigenvalue weighted by atomic mass is 16.2. The Morgan fingerprint density at radius 1 is 1.14 bits per heavy atom.